The predicted molar refractivity (Wildman–Crippen MR) is 124 cm³/mol. The zero-order chi connectivity index (χ0) is 24.5. The van der Waals surface area contributed by atoms with E-state index >= 15 is 0 Å². The summed E-state index contributed by atoms with van der Waals surface area (Å²) in [5, 5.41) is 0.492. The molecule has 184 valence electrons. The van der Waals surface area contributed by atoms with Crippen molar-refractivity contribution in [2.24, 2.45) is 16.2 Å². The van der Waals surface area contributed by atoms with Gasteiger partial charge in [0.25, 0.3) is 0 Å². The van der Waals surface area contributed by atoms with Crippen LogP contribution in [0.3, 0.4) is 0 Å². The van der Waals surface area contributed by atoms with Crippen molar-refractivity contribution >= 4 is 66.8 Å². The van der Waals surface area contributed by atoms with Gasteiger partial charge < -0.3 is 0 Å². The molecule has 0 aromatic carbocycles. The van der Waals surface area contributed by atoms with Crippen LogP contribution in [0.4, 0.5) is 0 Å². The van der Waals surface area contributed by atoms with Crippen LogP contribution in [0, 0.1) is 16.2 Å². The molecule has 7 nitrogen and oxygen atoms in total. The molecule has 2 bridgehead atoms. The van der Waals surface area contributed by atoms with Crippen LogP contribution < -0.4 is 0 Å². The number of rotatable bonds is 3. The topological polar surface area (TPSA) is 88.1 Å². The number of fused-ring (bicyclic) bond motifs is 2. The van der Waals surface area contributed by atoms with Crippen LogP contribution in [0.25, 0.3) is 0 Å². The maximum atomic E-state index is 12.9. The van der Waals surface area contributed by atoms with E-state index in [1.54, 1.807) is 62.3 Å². The van der Waals surface area contributed by atoms with Gasteiger partial charge in [0.05, 0.1) is 0 Å². The Morgan fingerprint density at radius 1 is 0.688 bits per heavy atom. The molecule has 2 rings (SSSR count). The zero-order valence-electron chi connectivity index (χ0n) is 20.1. The third-order valence-electron chi connectivity index (χ3n) is 4.60. The molecule has 2 saturated heterocycles. The van der Waals surface area contributed by atoms with E-state index in [4.69, 9.17) is 18.9 Å². The van der Waals surface area contributed by atoms with Gasteiger partial charge in [-0.3, -0.25) is 0 Å². The summed E-state index contributed by atoms with van der Waals surface area (Å²) in [6.45, 7) is 16.0. The van der Waals surface area contributed by atoms with Gasteiger partial charge in [0.1, 0.15) is 0 Å². The molecule has 2 heterocycles. The van der Waals surface area contributed by atoms with Gasteiger partial charge in [0.15, 0.2) is 0 Å². The summed E-state index contributed by atoms with van der Waals surface area (Å²) in [6.07, 6.45) is -2.83. The number of ether oxygens (including phenoxy) is 4. The van der Waals surface area contributed by atoms with Crippen molar-refractivity contribution in [3.8, 4) is 0 Å². The standard InChI is InChI=1S/C21H34O7Se4/c1-19(2,3)16(22)26-12-11-10-29-31-32-30-15(25-11)14(28-18(24)21(7,8)9)13(12)27-17(23)20(4,5)6/h11-15H,10H2,1-9H3/t11-,12-,13+,14+,15-/m0/s1. The molecule has 0 aromatic heterocycles. The first kappa shape index (κ1) is 28.7. The number of hydrogen-bond acceptors (Lipinski definition) is 7. The van der Waals surface area contributed by atoms with Gasteiger partial charge in [-0.25, -0.2) is 0 Å². The van der Waals surface area contributed by atoms with E-state index in [-0.39, 0.29) is 30.2 Å². The third kappa shape index (κ3) is 7.73. The summed E-state index contributed by atoms with van der Waals surface area (Å²) in [7, 11) is 0. The van der Waals surface area contributed by atoms with E-state index in [0.29, 0.717) is 35.7 Å². The van der Waals surface area contributed by atoms with Gasteiger partial charge in [0.2, 0.25) is 0 Å². The minimum atomic E-state index is -0.887. The first-order chi connectivity index (χ1) is 14.5. The fourth-order valence-electron chi connectivity index (χ4n) is 2.56. The maximum absolute atomic E-state index is 12.9. The summed E-state index contributed by atoms with van der Waals surface area (Å²) < 4.78 is 24.3. The van der Waals surface area contributed by atoms with Crippen LogP contribution >= 0.6 is 0 Å². The summed E-state index contributed by atoms with van der Waals surface area (Å²) in [5.41, 5.74) is -2.20. The molecule has 0 spiro atoms. The quantitative estimate of drug-likeness (QED) is 0.250. The molecule has 11 heteroatoms. The number of esters is 3. The van der Waals surface area contributed by atoms with Crippen molar-refractivity contribution in [2.45, 2.75) is 97.1 Å². The van der Waals surface area contributed by atoms with Gasteiger partial charge >= 0.3 is 213 Å². The Labute approximate surface area is 212 Å². The van der Waals surface area contributed by atoms with Crippen LogP contribution in [0.1, 0.15) is 62.3 Å². The Kier molecular flexibility index (Phi) is 9.87. The molecule has 0 amide bonds. The predicted octanol–water partition coefficient (Wildman–Crippen LogP) is 1.58. The average Bonchev–Trinajstić information content (AvgIpc) is 2.60. The Morgan fingerprint density at radius 2 is 1.12 bits per heavy atom. The van der Waals surface area contributed by atoms with Crippen LogP contribution in [0.2, 0.25) is 5.32 Å². The first-order valence-corrected chi connectivity index (χ1v) is 25.6. The fraction of sp³-hybridized carbons (Fsp3) is 0.857. The molecule has 0 aromatic rings. The van der Waals surface area contributed by atoms with E-state index < -0.39 is 46.5 Å². The monoisotopic (exact) mass is 718 g/mol. The second-order valence-electron chi connectivity index (χ2n) is 10.9. The average molecular weight is 714 g/mol. The molecule has 0 N–H and O–H groups in total. The SMILES string of the molecule is CC(C)(C)C(=O)O[C@@H]1[C@@H](OC(=O)C(C)(C)C)[C@@H]2C[Se][Se][Se][Se][C@H](O2)[C@@H]1OC(=O)C(C)(C)C. The number of hydrogen-bond donors (Lipinski definition) is 0. The molecular weight excluding hydrogens is 680 g/mol. The zero-order valence-corrected chi connectivity index (χ0v) is 26.9. The molecule has 2 aliphatic heterocycles. The van der Waals surface area contributed by atoms with E-state index in [0.717, 1.165) is 5.32 Å². The van der Waals surface area contributed by atoms with E-state index in [9.17, 15) is 14.4 Å². The fourth-order valence-corrected chi connectivity index (χ4v) is 42.9. The van der Waals surface area contributed by atoms with Crippen molar-refractivity contribution in [2.75, 3.05) is 0 Å². The molecule has 32 heavy (non-hydrogen) atoms. The summed E-state index contributed by atoms with van der Waals surface area (Å²) in [4.78, 5) is 38.6. The Balaban J connectivity index is 2.48. The first-order valence-electron chi connectivity index (χ1n) is 10.4. The molecule has 0 unspecified atom stereocenters. The van der Waals surface area contributed by atoms with Gasteiger partial charge in [0, 0.05) is 0 Å². The third-order valence-corrected chi connectivity index (χ3v) is 42.7. The molecule has 0 saturated carbocycles. The Hall–Kier alpha value is 0.448. The Morgan fingerprint density at radius 3 is 1.59 bits per heavy atom. The molecule has 2 aliphatic rings. The van der Waals surface area contributed by atoms with E-state index in [2.05, 4.69) is 0 Å². The molecule has 0 radical (unpaired) electrons. The summed E-state index contributed by atoms with van der Waals surface area (Å²) in [5.74, 6) is -1.19. The Bertz CT molecular complexity index is 664. The van der Waals surface area contributed by atoms with Crippen molar-refractivity contribution < 1.29 is 33.3 Å². The van der Waals surface area contributed by atoms with Crippen LogP contribution in [-0.2, 0) is 33.3 Å². The minimum absolute atomic E-state index is 0.141. The van der Waals surface area contributed by atoms with Crippen molar-refractivity contribution in [3.05, 3.63) is 0 Å². The molecule has 5 atom stereocenters. The molecule has 0 aliphatic carbocycles. The van der Waals surface area contributed by atoms with Crippen LogP contribution in [0.5, 0.6) is 0 Å². The molecular formula is C21H34O7Se4. The van der Waals surface area contributed by atoms with Crippen molar-refractivity contribution in [3.63, 3.8) is 0 Å². The number of carbonyl (C=O) groups is 3. The molecule has 2 fully saturated rings. The second-order valence-corrected chi connectivity index (χ2v) is 37.1. The van der Waals surface area contributed by atoms with Gasteiger partial charge in [-0.2, -0.15) is 0 Å². The van der Waals surface area contributed by atoms with Crippen molar-refractivity contribution in [1.82, 2.24) is 0 Å². The number of carbonyl (C=O) groups excluding carboxylic acids is 3. The summed E-state index contributed by atoms with van der Waals surface area (Å²) >= 11 is 1.65. The van der Waals surface area contributed by atoms with Crippen LogP contribution in [-0.4, -0.2) is 96.2 Å². The summed E-state index contributed by atoms with van der Waals surface area (Å²) in [6, 6.07) is 0. The second kappa shape index (κ2) is 11.0. The van der Waals surface area contributed by atoms with Gasteiger partial charge in [-0.15, -0.1) is 0 Å². The van der Waals surface area contributed by atoms with E-state index in [1.807, 2.05) is 0 Å². The van der Waals surface area contributed by atoms with Gasteiger partial charge in [-0.05, 0) is 0 Å². The van der Waals surface area contributed by atoms with Crippen molar-refractivity contribution in [1.29, 1.82) is 0 Å². The van der Waals surface area contributed by atoms with Crippen LogP contribution in [0.15, 0.2) is 0 Å². The van der Waals surface area contributed by atoms with Gasteiger partial charge in [-0.1, -0.05) is 0 Å². The normalized spacial score (nSPS) is 29.3. The van der Waals surface area contributed by atoms with E-state index in [1.165, 1.54) is 0 Å².